The van der Waals surface area contributed by atoms with Crippen LogP contribution in [-0.2, 0) is 26.2 Å². The van der Waals surface area contributed by atoms with Crippen molar-refractivity contribution in [2.75, 3.05) is 42.0 Å². The SMILES string of the molecule is CCN(CC)c1nn(CCS(C)(=O)=O)c(N)c1S(C)(=O)=O. The summed E-state index contributed by atoms with van der Waals surface area (Å²) in [5.41, 5.74) is 5.87. The number of anilines is 2. The second kappa shape index (κ2) is 6.22. The van der Waals surface area contributed by atoms with Crippen LogP contribution in [0.5, 0.6) is 0 Å². The first-order valence-corrected chi connectivity index (χ1v) is 10.5. The van der Waals surface area contributed by atoms with Crippen LogP contribution in [-0.4, -0.2) is 58.0 Å². The molecule has 0 spiro atoms. The minimum Gasteiger partial charge on any atom is -0.383 e. The Bertz CT molecular complexity index is 703. The Hall–Kier alpha value is -1.29. The van der Waals surface area contributed by atoms with Crippen LogP contribution in [0.15, 0.2) is 4.90 Å². The lowest BCUT2D eigenvalue weighted by atomic mass is 10.4. The third kappa shape index (κ3) is 4.34. The maximum atomic E-state index is 11.9. The van der Waals surface area contributed by atoms with Crippen molar-refractivity contribution in [3.05, 3.63) is 0 Å². The molecule has 0 bridgehead atoms. The summed E-state index contributed by atoms with van der Waals surface area (Å²) in [5, 5.41) is 4.20. The molecule has 0 aromatic carbocycles. The minimum absolute atomic E-state index is 0.0223. The van der Waals surface area contributed by atoms with Crippen LogP contribution in [0.4, 0.5) is 11.6 Å². The fraction of sp³-hybridized carbons (Fsp3) is 0.727. The van der Waals surface area contributed by atoms with Crippen LogP contribution in [0, 0.1) is 0 Å². The van der Waals surface area contributed by atoms with Crippen LogP contribution in [0.3, 0.4) is 0 Å². The molecule has 0 radical (unpaired) electrons. The predicted molar refractivity (Wildman–Crippen MR) is 83.0 cm³/mol. The minimum atomic E-state index is -3.56. The Kier molecular flexibility index (Phi) is 5.26. The average Bonchev–Trinajstić information content (AvgIpc) is 2.64. The lowest BCUT2D eigenvalue weighted by Gasteiger charge is -2.18. The average molecular weight is 338 g/mol. The molecule has 122 valence electrons. The van der Waals surface area contributed by atoms with Gasteiger partial charge < -0.3 is 10.6 Å². The molecule has 1 aromatic heterocycles. The molecule has 1 aromatic rings. The Morgan fingerprint density at radius 3 is 2.05 bits per heavy atom. The van der Waals surface area contributed by atoms with Gasteiger partial charge in [-0.2, -0.15) is 5.10 Å². The maximum absolute atomic E-state index is 11.9. The highest BCUT2D eigenvalue weighted by Gasteiger charge is 2.27. The number of sulfone groups is 2. The smallest absolute Gasteiger partial charge is 0.182 e. The molecule has 1 heterocycles. The molecule has 10 heteroatoms. The van der Waals surface area contributed by atoms with E-state index >= 15 is 0 Å². The van der Waals surface area contributed by atoms with Gasteiger partial charge >= 0.3 is 0 Å². The number of nitrogen functional groups attached to an aromatic ring is 1. The van der Waals surface area contributed by atoms with Gasteiger partial charge in [-0.3, -0.25) is 0 Å². The molecule has 21 heavy (non-hydrogen) atoms. The summed E-state index contributed by atoms with van der Waals surface area (Å²) in [7, 11) is -6.75. The second-order valence-corrected chi connectivity index (χ2v) is 9.05. The van der Waals surface area contributed by atoms with Crippen LogP contribution < -0.4 is 10.6 Å². The number of hydrogen-bond acceptors (Lipinski definition) is 7. The molecule has 0 unspecified atom stereocenters. The van der Waals surface area contributed by atoms with Crippen LogP contribution >= 0.6 is 0 Å². The molecular weight excluding hydrogens is 316 g/mol. The van der Waals surface area contributed by atoms with Gasteiger partial charge in [-0.1, -0.05) is 0 Å². The zero-order valence-corrected chi connectivity index (χ0v) is 14.3. The zero-order valence-electron chi connectivity index (χ0n) is 12.7. The van der Waals surface area contributed by atoms with E-state index in [9.17, 15) is 16.8 Å². The largest absolute Gasteiger partial charge is 0.383 e. The van der Waals surface area contributed by atoms with Crippen molar-refractivity contribution in [3.63, 3.8) is 0 Å². The van der Waals surface area contributed by atoms with Crippen molar-refractivity contribution >= 4 is 31.3 Å². The number of hydrogen-bond donors (Lipinski definition) is 1. The molecule has 0 saturated heterocycles. The highest BCUT2D eigenvalue weighted by Crippen LogP contribution is 2.30. The number of nitrogens with zero attached hydrogens (tertiary/aromatic N) is 3. The maximum Gasteiger partial charge on any atom is 0.182 e. The predicted octanol–water partition coefficient (Wildman–Crippen LogP) is -0.240. The van der Waals surface area contributed by atoms with Crippen molar-refractivity contribution in [1.82, 2.24) is 9.78 Å². The number of nitrogens with two attached hydrogens (primary N) is 1. The van der Waals surface area contributed by atoms with Crippen LogP contribution in [0.1, 0.15) is 13.8 Å². The molecule has 0 amide bonds. The summed E-state index contributed by atoms with van der Waals surface area (Å²) < 4.78 is 47.6. The molecule has 8 nitrogen and oxygen atoms in total. The standard InChI is InChI=1S/C11H22N4O4S2/c1-5-14(6-2)11-9(21(4,18)19)10(12)15(13-11)7-8-20(3,16)17/h5-8,12H2,1-4H3. The van der Waals surface area contributed by atoms with Gasteiger partial charge in [0.15, 0.2) is 20.6 Å². The molecule has 0 aliphatic carbocycles. The van der Waals surface area contributed by atoms with E-state index in [1.165, 1.54) is 4.68 Å². The Labute approximate surface area is 125 Å². The molecule has 0 aliphatic heterocycles. The van der Waals surface area contributed by atoms with Gasteiger partial charge in [0.25, 0.3) is 0 Å². The number of aromatic nitrogens is 2. The van der Waals surface area contributed by atoms with Crippen LogP contribution in [0.2, 0.25) is 0 Å². The van der Waals surface area contributed by atoms with Gasteiger partial charge in [-0.15, -0.1) is 0 Å². The zero-order chi connectivity index (χ0) is 16.4. The Morgan fingerprint density at radius 2 is 1.67 bits per heavy atom. The van der Waals surface area contributed by atoms with Gasteiger partial charge in [0.2, 0.25) is 0 Å². The first kappa shape index (κ1) is 17.8. The lowest BCUT2D eigenvalue weighted by Crippen LogP contribution is -2.24. The monoisotopic (exact) mass is 338 g/mol. The van der Waals surface area contributed by atoms with E-state index in [4.69, 9.17) is 5.73 Å². The summed E-state index contributed by atoms with van der Waals surface area (Å²) in [5.74, 6) is 0.0938. The number of rotatable bonds is 7. The van der Waals surface area contributed by atoms with E-state index in [0.717, 1.165) is 12.5 Å². The Balaban J connectivity index is 3.37. The topological polar surface area (TPSA) is 115 Å². The lowest BCUT2D eigenvalue weighted by molar-refractivity contribution is 0.587. The number of aryl methyl sites for hydroxylation is 1. The van der Waals surface area contributed by atoms with Crippen LogP contribution in [0.25, 0.3) is 0 Å². The third-order valence-electron chi connectivity index (χ3n) is 3.04. The quantitative estimate of drug-likeness (QED) is 0.729. The van der Waals surface area contributed by atoms with Crippen molar-refractivity contribution < 1.29 is 16.8 Å². The van der Waals surface area contributed by atoms with Gasteiger partial charge in [-0.25, -0.2) is 21.5 Å². The van der Waals surface area contributed by atoms with Crippen molar-refractivity contribution in [1.29, 1.82) is 0 Å². The fourth-order valence-electron chi connectivity index (χ4n) is 1.95. The fourth-order valence-corrected chi connectivity index (χ4v) is 3.45. The third-order valence-corrected chi connectivity index (χ3v) is 5.09. The van der Waals surface area contributed by atoms with E-state index < -0.39 is 19.7 Å². The normalized spacial score (nSPS) is 12.6. The summed E-state index contributed by atoms with van der Waals surface area (Å²) in [4.78, 5) is 1.73. The highest BCUT2D eigenvalue weighted by atomic mass is 32.2. The van der Waals surface area contributed by atoms with Crippen molar-refractivity contribution in [2.24, 2.45) is 0 Å². The van der Waals surface area contributed by atoms with Crippen molar-refractivity contribution in [2.45, 2.75) is 25.3 Å². The summed E-state index contributed by atoms with van der Waals surface area (Å²) >= 11 is 0. The van der Waals surface area contributed by atoms with Gasteiger partial charge in [0, 0.05) is 25.6 Å². The summed E-state index contributed by atoms with van der Waals surface area (Å²) in [6, 6.07) is 0. The van der Waals surface area contributed by atoms with E-state index in [1.807, 2.05) is 13.8 Å². The summed E-state index contributed by atoms with van der Waals surface area (Å²) in [6.07, 6.45) is 2.17. The van der Waals surface area contributed by atoms with Gasteiger partial charge in [0.05, 0.1) is 12.3 Å². The second-order valence-electron chi connectivity index (χ2n) is 4.84. The van der Waals surface area contributed by atoms with E-state index in [0.29, 0.717) is 13.1 Å². The van der Waals surface area contributed by atoms with Gasteiger partial charge in [0.1, 0.15) is 15.7 Å². The van der Waals surface area contributed by atoms with Gasteiger partial charge in [-0.05, 0) is 13.8 Å². The van der Waals surface area contributed by atoms with E-state index in [-0.39, 0.29) is 28.8 Å². The molecule has 0 fully saturated rings. The molecule has 0 aliphatic rings. The Morgan fingerprint density at radius 1 is 1.14 bits per heavy atom. The molecule has 2 N–H and O–H groups in total. The first-order valence-electron chi connectivity index (χ1n) is 6.50. The molecule has 1 rings (SSSR count). The molecule has 0 saturated carbocycles. The van der Waals surface area contributed by atoms with Crippen molar-refractivity contribution in [3.8, 4) is 0 Å². The van der Waals surface area contributed by atoms with E-state index in [2.05, 4.69) is 5.10 Å². The molecule has 0 atom stereocenters. The van der Waals surface area contributed by atoms with E-state index in [1.54, 1.807) is 4.90 Å². The summed E-state index contributed by atoms with van der Waals surface area (Å²) in [6.45, 7) is 4.92. The molecular formula is C11H22N4O4S2. The highest BCUT2D eigenvalue weighted by molar-refractivity contribution is 7.91. The first-order chi connectivity index (χ1) is 9.51.